The molecule has 0 aliphatic rings. The van der Waals surface area contributed by atoms with Crippen molar-refractivity contribution in [1.82, 2.24) is 4.98 Å². The van der Waals surface area contributed by atoms with Crippen LogP contribution in [-0.2, 0) is 0 Å². The van der Waals surface area contributed by atoms with E-state index in [1.807, 2.05) is 0 Å². The summed E-state index contributed by atoms with van der Waals surface area (Å²) in [5, 5.41) is 0. The fraction of sp³-hybridized carbons (Fsp3) is 0. The van der Waals surface area contributed by atoms with Crippen molar-refractivity contribution in [1.29, 1.82) is 0 Å². The summed E-state index contributed by atoms with van der Waals surface area (Å²) in [5.41, 5.74) is 0.291. The van der Waals surface area contributed by atoms with Gasteiger partial charge in [-0.1, -0.05) is 11.6 Å². The topological polar surface area (TPSA) is 43.1 Å². The van der Waals surface area contributed by atoms with Gasteiger partial charge in [0.15, 0.2) is 6.29 Å². The Morgan fingerprint density at radius 3 is 2.92 bits per heavy atom. The highest BCUT2D eigenvalue weighted by molar-refractivity contribution is 7.19. The second-order valence-electron chi connectivity index (χ2n) is 2.30. The lowest BCUT2D eigenvalue weighted by molar-refractivity contribution is 0.111. The van der Waals surface area contributed by atoms with E-state index in [1.54, 1.807) is 12.1 Å². The van der Waals surface area contributed by atoms with Gasteiger partial charge in [-0.05, 0) is 12.1 Å². The third kappa shape index (κ3) is 1.64. The van der Waals surface area contributed by atoms with Crippen molar-refractivity contribution >= 4 is 29.2 Å². The molecule has 0 atom stereocenters. The van der Waals surface area contributed by atoms with Crippen LogP contribution < -0.4 is 0 Å². The maximum atomic E-state index is 10.3. The van der Waals surface area contributed by atoms with Gasteiger partial charge in [0, 0.05) is 0 Å². The third-order valence-electron chi connectivity index (χ3n) is 1.43. The Morgan fingerprint density at radius 2 is 2.38 bits per heavy atom. The summed E-state index contributed by atoms with van der Waals surface area (Å²) < 4.78 is 5.73. The normalized spacial score (nSPS) is 10.2. The van der Waals surface area contributed by atoms with Crippen LogP contribution in [0.15, 0.2) is 22.8 Å². The highest BCUT2D eigenvalue weighted by atomic mass is 35.5. The molecule has 0 aliphatic carbocycles. The fourth-order valence-electron chi connectivity index (χ4n) is 0.883. The summed E-state index contributed by atoms with van der Waals surface area (Å²) in [5.74, 6) is 0.430. The third-order valence-corrected chi connectivity index (χ3v) is 2.65. The second-order valence-corrected chi connectivity index (χ2v) is 4.01. The van der Waals surface area contributed by atoms with E-state index in [0.29, 0.717) is 22.2 Å². The maximum Gasteiger partial charge on any atom is 0.236 e. The van der Waals surface area contributed by atoms with Crippen LogP contribution in [0.3, 0.4) is 0 Å². The van der Waals surface area contributed by atoms with Gasteiger partial charge < -0.3 is 4.42 Å². The molecule has 0 N–H and O–H groups in total. The van der Waals surface area contributed by atoms with Gasteiger partial charge in [0.25, 0.3) is 0 Å². The lowest BCUT2D eigenvalue weighted by Crippen LogP contribution is -1.77. The van der Waals surface area contributed by atoms with Gasteiger partial charge in [-0.25, -0.2) is 4.98 Å². The van der Waals surface area contributed by atoms with Crippen LogP contribution in [-0.4, -0.2) is 11.3 Å². The first-order valence-electron chi connectivity index (χ1n) is 3.46. The van der Waals surface area contributed by atoms with Gasteiger partial charge in [0.1, 0.15) is 12.0 Å². The summed E-state index contributed by atoms with van der Waals surface area (Å²) in [6.45, 7) is 0. The van der Waals surface area contributed by atoms with Gasteiger partial charge in [-0.2, -0.15) is 0 Å². The number of carbonyl (C=O) groups is 1. The fourth-order valence-corrected chi connectivity index (χ4v) is 1.86. The molecule has 13 heavy (non-hydrogen) atoms. The van der Waals surface area contributed by atoms with Crippen molar-refractivity contribution in [2.45, 2.75) is 0 Å². The van der Waals surface area contributed by atoms with E-state index < -0.39 is 0 Å². The van der Waals surface area contributed by atoms with E-state index in [-0.39, 0.29) is 0 Å². The molecule has 0 saturated heterocycles. The van der Waals surface area contributed by atoms with Gasteiger partial charge in [-0.3, -0.25) is 4.79 Å². The molecule has 66 valence electrons. The Bertz CT molecular complexity index is 435. The maximum absolute atomic E-state index is 10.3. The molecule has 0 radical (unpaired) electrons. The Labute approximate surface area is 83.0 Å². The molecule has 2 aromatic heterocycles. The van der Waals surface area contributed by atoms with Crippen LogP contribution in [0.25, 0.3) is 10.8 Å². The Morgan fingerprint density at radius 1 is 1.54 bits per heavy atom. The number of hydrogen-bond acceptors (Lipinski definition) is 4. The number of halogens is 1. The molecule has 0 bridgehead atoms. The van der Waals surface area contributed by atoms with Gasteiger partial charge in [-0.15, -0.1) is 11.3 Å². The number of aromatic nitrogens is 1. The highest BCUT2D eigenvalue weighted by Gasteiger charge is 2.07. The van der Waals surface area contributed by atoms with E-state index in [4.69, 9.17) is 16.0 Å². The highest BCUT2D eigenvalue weighted by Crippen LogP contribution is 2.29. The van der Waals surface area contributed by atoms with E-state index in [9.17, 15) is 4.79 Å². The summed E-state index contributed by atoms with van der Waals surface area (Å²) >= 11 is 7.09. The van der Waals surface area contributed by atoms with Crippen molar-refractivity contribution in [3.05, 3.63) is 28.4 Å². The molecular formula is C8H4ClNO2S. The first-order valence-corrected chi connectivity index (χ1v) is 4.65. The van der Waals surface area contributed by atoms with Crippen molar-refractivity contribution in [2.24, 2.45) is 0 Å². The second kappa shape index (κ2) is 3.32. The van der Waals surface area contributed by atoms with Crippen LogP contribution in [0, 0.1) is 0 Å². The average molecular weight is 214 g/mol. The number of rotatable bonds is 2. The molecule has 0 saturated carbocycles. The number of aldehydes is 1. The number of hydrogen-bond donors (Lipinski definition) is 0. The standard InChI is InChI=1S/C8H4ClNO2S/c9-7-2-1-6(13-7)8-10-5(3-11)4-12-8/h1-4H. The monoisotopic (exact) mass is 213 g/mol. The van der Waals surface area contributed by atoms with Crippen molar-refractivity contribution in [2.75, 3.05) is 0 Å². The van der Waals surface area contributed by atoms with E-state index in [2.05, 4.69) is 4.98 Å². The SMILES string of the molecule is O=Cc1coc(-c2ccc(Cl)s2)n1. The summed E-state index contributed by atoms with van der Waals surface area (Å²) in [6, 6.07) is 3.56. The van der Waals surface area contributed by atoms with Crippen LogP contribution in [0.2, 0.25) is 4.34 Å². The van der Waals surface area contributed by atoms with Crippen molar-refractivity contribution in [3.63, 3.8) is 0 Å². The van der Waals surface area contributed by atoms with E-state index >= 15 is 0 Å². The van der Waals surface area contributed by atoms with Gasteiger partial charge >= 0.3 is 0 Å². The lowest BCUT2D eigenvalue weighted by atomic mass is 10.5. The molecular weight excluding hydrogens is 210 g/mol. The minimum absolute atomic E-state index is 0.291. The predicted octanol–water partition coefficient (Wildman–Crippen LogP) is 2.87. The molecule has 2 aromatic rings. The Balaban J connectivity index is 2.40. The van der Waals surface area contributed by atoms with Gasteiger partial charge in [0.2, 0.25) is 5.89 Å². The largest absolute Gasteiger partial charge is 0.443 e. The molecule has 0 aliphatic heterocycles. The zero-order valence-corrected chi connectivity index (χ0v) is 7.93. The minimum atomic E-state index is 0.291. The average Bonchev–Trinajstić information content (AvgIpc) is 2.71. The van der Waals surface area contributed by atoms with E-state index in [1.165, 1.54) is 17.6 Å². The van der Waals surface area contributed by atoms with Crippen LogP contribution >= 0.6 is 22.9 Å². The zero-order chi connectivity index (χ0) is 9.26. The van der Waals surface area contributed by atoms with Crippen LogP contribution in [0.4, 0.5) is 0 Å². The zero-order valence-electron chi connectivity index (χ0n) is 6.36. The molecule has 5 heteroatoms. The minimum Gasteiger partial charge on any atom is -0.443 e. The number of nitrogens with zero attached hydrogens (tertiary/aromatic N) is 1. The smallest absolute Gasteiger partial charge is 0.236 e. The summed E-state index contributed by atoms with van der Waals surface area (Å²) in [6.07, 6.45) is 1.96. The molecule has 2 rings (SSSR count). The number of thiophene rings is 1. The van der Waals surface area contributed by atoms with Gasteiger partial charge in [0.05, 0.1) is 9.21 Å². The Hall–Kier alpha value is -1.13. The molecule has 0 unspecified atom stereocenters. The van der Waals surface area contributed by atoms with E-state index in [0.717, 1.165) is 4.88 Å². The predicted molar refractivity (Wildman–Crippen MR) is 50.2 cm³/mol. The quantitative estimate of drug-likeness (QED) is 0.721. The molecule has 2 heterocycles. The van der Waals surface area contributed by atoms with Crippen LogP contribution in [0.5, 0.6) is 0 Å². The molecule has 0 amide bonds. The molecule has 0 aromatic carbocycles. The molecule has 0 fully saturated rings. The Kier molecular flexibility index (Phi) is 2.16. The molecule has 3 nitrogen and oxygen atoms in total. The summed E-state index contributed by atoms with van der Waals surface area (Å²) in [7, 11) is 0. The molecule has 0 spiro atoms. The summed E-state index contributed by atoms with van der Waals surface area (Å²) in [4.78, 5) is 15.1. The van der Waals surface area contributed by atoms with Crippen molar-refractivity contribution < 1.29 is 9.21 Å². The first kappa shape index (κ1) is 8.47. The number of oxazole rings is 1. The lowest BCUT2D eigenvalue weighted by Gasteiger charge is -1.83. The first-order chi connectivity index (χ1) is 6.29. The van der Waals surface area contributed by atoms with Crippen molar-refractivity contribution in [3.8, 4) is 10.8 Å². The number of carbonyl (C=O) groups excluding carboxylic acids is 1. The van der Waals surface area contributed by atoms with Crippen LogP contribution in [0.1, 0.15) is 10.5 Å².